The smallest absolute Gasteiger partial charge is 0.250 e. The average Bonchev–Trinajstić information content (AvgIpc) is 3.44. The van der Waals surface area contributed by atoms with E-state index in [1.54, 1.807) is 34.2 Å². The zero-order valence-corrected chi connectivity index (χ0v) is 18.7. The van der Waals surface area contributed by atoms with Crippen LogP contribution in [0.15, 0.2) is 48.0 Å². The second-order valence-electron chi connectivity index (χ2n) is 7.18. The van der Waals surface area contributed by atoms with Gasteiger partial charge in [0.1, 0.15) is 17.9 Å². The van der Waals surface area contributed by atoms with Crippen molar-refractivity contribution in [3.05, 3.63) is 64.1 Å². The van der Waals surface area contributed by atoms with Gasteiger partial charge in [-0.25, -0.2) is 14.6 Å². The molecule has 3 N–H and O–H groups in total. The molecule has 5 aromatic rings. The predicted octanol–water partition coefficient (Wildman–Crippen LogP) is 3.27. The lowest BCUT2D eigenvalue weighted by atomic mass is 10.1. The van der Waals surface area contributed by atoms with Crippen molar-refractivity contribution in [3.63, 3.8) is 0 Å². The minimum absolute atomic E-state index is 0.00325. The van der Waals surface area contributed by atoms with E-state index in [9.17, 15) is 9.90 Å². The van der Waals surface area contributed by atoms with Gasteiger partial charge < -0.3 is 15.6 Å². The fourth-order valence-corrected chi connectivity index (χ4v) is 4.57. The van der Waals surface area contributed by atoms with Crippen LogP contribution in [0.1, 0.15) is 15.9 Å². The molecule has 2 aromatic carbocycles. The summed E-state index contributed by atoms with van der Waals surface area (Å²) in [5.41, 5.74) is 11.7. The van der Waals surface area contributed by atoms with Gasteiger partial charge in [-0.05, 0) is 42.0 Å². The Morgan fingerprint density at radius 3 is 2.85 bits per heavy atom. The van der Waals surface area contributed by atoms with Gasteiger partial charge in [0, 0.05) is 5.56 Å². The van der Waals surface area contributed by atoms with Gasteiger partial charge in [0.15, 0.2) is 5.65 Å². The highest BCUT2D eigenvalue weighted by Crippen LogP contribution is 2.38. The summed E-state index contributed by atoms with van der Waals surface area (Å²) in [4.78, 5) is 20.8. The first-order chi connectivity index (χ1) is 16.0. The predicted molar refractivity (Wildman–Crippen MR) is 126 cm³/mol. The minimum Gasteiger partial charge on any atom is -0.489 e. The number of nitrogens with zero attached hydrogens (tertiary/aromatic N) is 5. The summed E-state index contributed by atoms with van der Waals surface area (Å²) in [6, 6.07) is 12.8. The number of aromatic nitrogens is 5. The molecular weight excluding hydrogens is 464 g/mol. The number of rotatable bonds is 7. The molecule has 3 heterocycles. The lowest BCUT2D eigenvalue weighted by Crippen LogP contribution is -2.13. The lowest BCUT2D eigenvalue weighted by molar-refractivity contribution is 0.1000. The van der Waals surface area contributed by atoms with Crippen LogP contribution in [0.3, 0.4) is 0 Å². The van der Waals surface area contributed by atoms with E-state index in [-0.39, 0.29) is 29.5 Å². The number of carbonyl (C=O) groups excluding carboxylic acids is 1. The summed E-state index contributed by atoms with van der Waals surface area (Å²) in [6.07, 6.45) is 0. The van der Waals surface area contributed by atoms with Crippen molar-refractivity contribution in [2.75, 3.05) is 13.2 Å². The third-order valence-corrected chi connectivity index (χ3v) is 6.23. The van der Waals surface area contributed by atoms with Crippen molar-refractivity contribution in [1.82, 2.24) is 25.0 Å². The topological polar surface area (TPSA) is 129 Å². The molecule has 0 aliphatic carbocycles. The number of benzene rings is 2. The quantitative estimate of drug-likeness (QED) is 0.365. The number of primary amides is 1. The second-order valence-corrected chi connectivity index (χ2v) is 8.45. The van der Waals surface area contributed by atoms with E-state index >= 15 is 0 Å². The van der Waals surface area contributed by atoms with E-state index in [1.807, 2.05) is 17.6 Å². The summed E-state index contributed by atoms with van der Waals surface area (Å²) in [5, 5.41) is 17.8. The third kappa shape index (κ3) is 3.99. The number of amides is 1. The maximum atomic E-state index is 11.7. The van der Waals surface area contributed by atoms with Crippen molar-refractivity contribution in [3.8, 4) is 17.0 Å². The molecule has 0 saturated carbocycles. The van der Waals surface area contributed by atoms with Crippen molar-refractivity contribution in [2.24, 2.45) is 5.73 Å². The molecule has 0 bridgehead atoms. The number of pyridine rings is 1. The summed E-state index contributed by atoms with van der Waals surface area (Å²) < 4.78 is 8.46. The zero-order valence-electron chi connectivity index (χ0n) is 17.1. The summed E-state index contributed by atoms with van der Waals surface area (Å²) in [6.45, 7) is 0.260. The molecule has 0 fully saturated rings. The maximum absolute atomic E-state index is 11.7. The number of thiazole rings is 1. The molecule has 0 aliphatic heterocycles. The monoisotopic (exact) mass is 480 g/mol. The number of fused-ring (bicyclic) bond motifs is 2. The Balaban J connectivity index is 1.57. The van der Waals surface area contributed by atoms with Gasteiger partial charge in [0.05, 0.1) is 45.2 Å². The molecular formula is C22H17ClN6O3S. The number of halogens is 1. The van der Waals surface area contributed by atoms with E-state index in [0.717, 1.165) is 15.8 Å². The Hall–Kier alpha value is -3.60. The van der Waals surface area contributed by atoms with Gasteiger partial charge in [-0.15, -0.1) is 16.4 Å². The molecule has 0 saturated heterocycles. The van der Waals surface area contributed by atoms with Crippen LogP contribution in [0.4, 0.5) is 0 Å². The standard InChI is InChI=1S/C22H17ClN6O3S/c23-19-14(21(24)31)3-2-13(20(19)32-8-7-30)15-5-6-17-22(26-15)29(28-27-17)10-12-1-4-16-18(9-12)33-11-25-16/h1-6,9,11,30H,7-8,10H2,(H2,24,31). The third-order valence-electron chi connectivity index (χ3n) is 5.06. The number of hydrogen-bond donors (Lipinski definition) is 2. The maximum Gasteiger partial charge on any atom is 0.250 e. The largest absolute Gasteiger partial charge is 0.489 e. The van der Waals surface area contributed by atoms with Crippen LogP contribution in [-0.4, -0.2) is 49.2 Å². The highest BCUT2D eigenvalue weighted by Gasteiger charge is 2.19. The van der Waals surface area contributed by atoms with Crippen LogP contribution in [0.5, 0.6) is 5.75 Å². The van der Waals surface area contributed by atoms with Gasteiger partial charge in [-0.2, -0.15) is 0 Å². The van der Waals surface area contributed by atoms with E-state index in [0.29, 0.717) is 29.0 Å². The molecule has 0 radical (unpaired) electrons. The SMILES string of the molecule is NC(=O)c1ccc(-c2ccc3nnn(Cc4ccc5ncsc5c4)c3n2)c(OCCO)c1Cl. The normalized spacial score (nSPS) is 11.3. The summed E-state index contributed by atoms with van der Waals surface area (Å²) in [7, 11) is 0. The van der Waals surface area contributed by atoms with E-state index < -0.39 is 5.91 Å². The van der Waals surface area contributed by atoms with Crippen molar-refractivity contribution >= 4 is 50.2 Å². The number of carbonyl (C=O) groups is 1. The first-order valence-electron chi connectivity index (χ1n) is 9.94. The molecule has 5 rings (SSSR count). The highest BCUT2D eigenvalue weighted by molar-refractivity contribution is 7.16. The molecule has 9 nitrogen and oxygen atoms in total. The Morgan fingerprint density at radius 2 is 2.03 bits per heavy atom. The van der Waals surface area contributed by atoms with Crippen LogP contribution in [0.2, 0.25) is 5.02 Å². The van der Waals surface area contributed by atoms with Gasteiger partial charge >= 0.3 is 0 Å². The minimum atomic E-state index is -0.677. The Labute approximate surface area is 196 Å². The summed E-state index contributed by atoms with van der Waals surface area (Å²) >= 11 is 7.98. The lowest BCUT2D eigenvalue weighted by Gasteiger charge is -2.14. The molecule has 0 unspecified atom stereocenters. The van der Waals surface area contributed by atoms with Crippen molar-refractivity contribution in [2.45, 2.75) is 6.54 Å². The van der Waals surface area contributed by atoms with E-state index in [2.05, 4.69) is 21.4 Å². The number of nitrogens with two attached hydrogens (primary N) is 1. The summed E-state index contributed by atoms with van der Waals surface area (Å²) in [5.74, 6) is -0.451. The van der Waals surface area contributed by atoms with Crippen molar-refractivity contribution < 1.29 is 14.6 Å². The van der Waals surface area contributed by atoms with Gasteiger partial charge in [0.2, 0.25) is 5.91 Å². The number of aliphatic hydroxyl groups is 1. The number of aliphatic hydroxyl groups excluding tert-OH is 1. The fourth-order valence-electron chi connectivity index (χ4n) is 3.52. The second kappa shape index (κ2) is 8.74. The van der Waals surface area contributed by atoms with Crippen LogP contribution < -0.4 is 10.5 Å². The molecule has 1 amide bonds. The Kier molecular flexibility index (Phi) is 5.63. The first kappa shape index (κ1) is 21.3. The molecule has 0 atom stereocenters. The number of ether oxygens (including phenoxy) is 1. The highest BCUT2D eigenvalue weighted by atomic mass is 35.5. The number of hydrogen-bond acceptors (Lipinski definition) is 8. The van der Waals surface area contributed by atoms with E-state index in [4.69, 9.17) is 27.1 Å². The van der Waals surface area contributed by atoms with Crippen LogP contribution >= 0.6 is 22.9 Å². The van der Waals surface area contributed by atoms with Crippen LogP contribution in [0, 0.1) is 0 Å². The average molecular weight is 481 g/mol. The molecule has 11 heteroatoms. The fraction of sp³-hybridized carbons (Fsp3) is 0.136. The zero-order chi connectivity index (χ0) is 22.9. The van der Waals surface area contributed by atoms with Crippen molar-refractivity contribution in [1.29, 1.82) is 0 Å². The molecule has 0 spiro atoms. The van der Waals surface area contributed by atoms with E-state index in [1.165, 1.54) is 6.07 Å². The van der Waals surface area contributed by atoms with Crippen LogP contribution in [-0.2, 0) is 6.54 Å². The Morgan fingerprint density at radius 1 is 1.18 bits per heavy atom. The molecule has 166 valence electrons. The molecule has 3 aromatic heterocycles. The Bertz CT molecular complexity index is 1500. The van der Waals surface area contributed by atoms with Gasteiger partial charge in [-0.1, -0.05) is 22.9 Å². The van der Waals surface area contributed by atoms with Gasteiger partial charge in [-0.3, -0.25) is 4.79 Å². The van der Waals surface area contributed by atoms with Gasteiger partial charge in [0.25, 0.3) is 0 Å². The first-order valence-corrected chi connectivity index (χ1v) is 11.2. The molecule has 33 heavy (non-hydrogen) atoms. The molecule has 0 aliphatic rings. The van der Waals surface area contributed by atoms with Crippen LogP contribution in [0.25, 0.3) is 32.6 Å².